The van der Waals surface area contributed by atoms with E-state index in [0.29, 0.717) is 5.92 Å². The summed E-state index contributed by atoms with van der Waals surface area (Å²) in [4.78, 5) is 0. The van der Waals surface area contributed by atoms with E-state index in [-0.39, 0.29) is 0 Å². The normalized spacial score (nSPS) is 10.5. The van der Waals surface area contributed by atoms with Crippen molar-refractivity contribution in [2.24, 2.45) is 5.92 Å². The summed E-state index contributed by atoms with van der Waals surface area (Å²) < 4.78 is 5.70. The van der Waals surface area contributed by atoms with Gasteiger partial charge in [-0.1, -0.05) is 32.1 Å². The third kappa shape index (κ3) is 3.78. The van der Waals surface area contributed by atoms with Crippen molar-refractivity contribution in [3.05, 3.63) is 35.9 Å². The fourth-order valence-electron chi connectivity index (χ4n) is 1.34. The van der Waals surface area contributed by atoms with Gasteiger partial charge in [-0.3, -0.25) is 0 Å². The predicted octanol–water partition coefficient (Wildman–Crippen LogP) is 4.06. The van der Waals surface area contributed by atoms with Crippen LogP contribution in [-0.4, -0.2) is 6.61 Å². The van der Waals surface area contributed by atoms with Gasteiger partial charge in [0.1, 0.15) is 5.75 Å². The van der Waals surface area contributed by atoms with Crippen LogP contribution in [0.3, 0.4) is 0 Å². The topological polar surface area (TPSA) is 9.23 Å². The molecule has 0 bridgehead atoms. The van der Waals surface area contributed by atoms with E-state index in [4.69, 9.17) is 4.74 Å². The van der Waals surface area contributed by atoms with E-state index in [0.717, 1.165) is 23.5 Å². The Morgan fingerprint density at radius 1 is 1.33 bits per heavy atom. The van der Waals surface area contributed by atoms with Gasteiger partial charge in [0.2, 0.25) is 0 Å². The van der Waals surface area contributed by atoms with Gasteiger partial charge in [0.15, 0.2) is 0 Å². The maximum atomic E-state index is 5.70. The Balaban J connectivity index is 2.84. The summed E-state index contributed by atoms with van der Waals surface area (Å²) in [5, 5.41) is 0. The zero-order valence-electron chi connectivity index (χ0n) is 10.1. The first-order valence-electron chi connectivity index (χ1n) is 5.39. The molecule has 0 atom stereocenters. The van der Waals surface area contributed by atoms with Gasteiger partial charge in [-0.15, -0.1) is 0 Å². The molecule has 0 fully saturated rings. The van der Waals surface area contributed by atoms with Crippen LogP contribution in [-0.2, 0) is 0 Å². The molecule has 1 nitrogen and oxygen atoms in total. The van der Waals surface area contributed by atoms with Crippen LogP contribution in [0.15, 0.2) is 24.8 Å². The van der Waals surface area contributed by atoms with Crippen LogP contribution < -0.4 is 4.74 Å². The molecule has 1 heteroatoms. The summed E-state index contributed by atoms with van der Waals surface area (Å²) in [5.74, 6) is 1.50. The fraction of sp³-hybridized carbons (Fsp3) is 0.429. The lowest BCUT2D eigenvalue weighted by molar-refractivity contribution is 0.271. The second kappa shape index (κ2) is 5.01. The van der Waals surface area contributed by atoms with Crippen molar-refractivity contribution < 1.29 is 4.74 Å². The van der Waals surface area contributed by atoms with Crippen LogP contribution >= 0.6 is 0 Å². The summed E-state index contributed by atoms with van der Waals surface area (Å²) in [6.45, 7) is 13.1. The molecule has 0 aliphatic heterocycles. The van der Waals surface area contributed by atoms with Crippen LogP contribution in [0.4, 0.5) is 0 Å². The van der Waals surface area contributed by atoms with E-state index in [1.54, 1.807) is 0 Å². The number of hydrogen-bond donors (Lipinski definition) is 0. The zero-order chi connectivity index (χ0) is 11.4. The molecule has 0 heterocycles. The Kier molecular flexibility index (Phi) is 3.96. The molecule has 82 valence electrons. The standard InChI is InChI=1S/C14H20O/c1-10(2)9-15-14-7-12(5)6-13(8-14)11(3)4/h6-8,10H,3,9H2,1-2,4-5H3. The Hall–Kier alpha value is -1.24. The monoisotopic (exact) mass is 204 g/mol. The minimum atomic E-state index is 0.554. The number of allylic oxidation sites excluding steroid dienone is 1. The molecule has 1 aromatic carbocycles. The minimum Gasteiger partial charge on any atom is -0.493 e. The van der Waals surface area contributed by atoms with Gasteiger partial charge < -0.3 is 4.74 Å². The van der Waals surface area contributed by atoms with Gasteiger partial charge >= 0.3 is 0 Å². The van der Waals surface area contributed by atoms with Gasteiger partial charge in [-0.05, 0) is 43.0 Å². The molecular weight excluding hydrogens is 184 g/mol. The average Bonchev–Trinajstić information content (AvgIpc) is 2.13. The molecule has 0 aliphatic rings. The van der Waals surface area contributed by atoms with E-state index >= 15 is 0 Å². The van der Waals surface area contributed by atoms with Crippen LogP contribution in [0, 0.1) is 12.8 Å². The molecule has 0 saturated heterocycles. The molecule has 0 spiro atoms. The van der Waals surface area contributed by atoms with Gasteiger partial charge in [-0.25, -0.2) is 0 Å². The highest BCUT2D eigenvalue weighted by Gasteiger charge is 2.01. The van der Waals surface area contributed by atoms with E-state index in [9.17, 15) is 0 Å². The first-order valence-corrected chi connectivity index (χ1v) is 5.39. The summed E-state index contributed by atoms with van der Waals surface area (Å²) in [6, 6.07) is 6.25. The average molecular weight is 204 g/mol. The van der Waals surface area contributed by atoms with Gasteiger partial charge in [0.25, 0.3) is 0 Å². The first kappa shape index (κ1) is 11.8. The molecule has 1 aromatic rings. The Morgan fingerprint density at radius 2 is 2.00 bits per heavy atom. The minimum absolute atomic E-state index is 0.554. The largest absolute Gasteiger partial charge is 0.493 e. The number of benzene rings is 1. The summed E-state index contributed by atoms with van der Waals surface area (Å²) >= 11 is 0. The number of rotatable bonds is 4. The van der Waals surface area contributed by atoms with Crippen molar-refractivity contribution in [1.29, 1.82) is 0 Å². The summed E-state index contributed by atoms with van der Waals surface area (Å²) in [7, 11) is 0. The lowest BCUT2D eigenvalue weighted by Gasteiger charge is -2.11. The molecule has 0 N–H and O–H groups in total. The summed E-state index contributed by atoms with van der Waals surface area (Å²) in [6.07, 6.45) is 0. The van der Waals surface area contributed by atoms with Gasteiger partial charge in [0, 0.05) is 0 Å². The Morgan fingerprint density at radius 3 is 2.53 bits per heavy atom. The lowest BCUT2D eigenvalue weighted by Crippen LogP contribution is -2.04. The maximum Gasteiger partial charge on any atom is 0.120 e. The number of ether oxygens (including phenoxy) is 1. The smallest absolute Gasteiger partial charge is 0.120 e. The third-order valence-corrected chi connectivity index (χ3v) is 2.13. The second-order valence-corrected chi connectivity index (χ2v) is 4.52. The van der Waals surface area contributed by atoms with Crippen molar-refractivity contribution in [3.8, 4) is 5.75 Å². The number of hydrogen-bond acceptors (Lipinski definition) is 1. The van der Waals surface area contributed by atoms with Crippen LogP contribution in [0.25, 0.3) is 5.57 Å². The highest BCUT2D eigenvalue weighted by molar-refractivity contribution is 5.63. The quantitative estimate of drug-likeness (QED) is 0.718. The molecule has 0 amide bonds. The molecule has 1 rings (SSSR count). The third-order valence-electron chi connectivity index (χ3n) is 2.13. The van der Waals surface area contributed by atoms with E-state index < -0.39 is 0 Å². The van der Waals surface area contributed by atoms with Crippen molar-refractivity contribution in [1.82, 2.24) is 0 Å². The zero-order valence-corrected chi connectivity index (χ0v) is 10.1. The highest BCUT2D eigenvalue weighted by Crippen LogP contribution is 2.21. The highest BCUT2D eigenvalue weighted by atomic mass is 16.5. The van der Waals surface area contributed by atoms with Gasteiger partial charge in [0.05, 0.1) is 6.61 Å². The van der Waals surface area contributed by atoms with Crippen LogP contribution in [0.5, 0.6) is 5.75 Å². The molecule has 0 radical (unpaired) electrons. The van der Waals surface area contributed by atoms with Crippen molar-refractivity contribution >= 4 is 5.57 Å². The molecule has 0 aromatic heterocycles. The van der Waals surface area contributed by atoms with Crippen LogP contribution in [0.2, 0.25) is 0 Å². The van der Waals surface area contributed by atoms with Crippen molar-refractivity contribution in [2.45, 2.75) is 27.7 Å². The van der Waals surface area contributed by atoms with E-state index in [2.05, 4.69) is 45.5 Å². The van der Waals surface area contributed by atoms with E-state index in [1.807, 2.05) is 6.92 Å². The van der Waals surface area contributed by atoms with Crippen LogP contribution in [0.1, 0.15) is 31.9 Å². The second-order valence-electron chi connectivity index (χ2n) is 4.52. The first-order chi connectivity index (χ1) is 6.99. The molecule has 0 unspecified atom stereocenters. The molecular formula is C14H20O. The lowest BCUT2D eigenvalue weighted by atomic mass is 10.1. The summed E-state index contributed by atoms with van der Waals surface area (Å²) in [5.41, 5.74) is 3.45. The Bertz CT molecular complexity index is 350. The Labute approximate surface area is 92.8 Å². The fourth-order valence-corrected chi connectivity index (χ4v) is 1.34. The van der Waals surface area contributed by atoms with Crippen molar-refractivity contribution in [3.63, 3.8) is 0 Å². The SMILES string of the molecule is C=C(C)c1cc(C)cc(OCC(C)C)c1. The predicted molar refractivity (Wildman–Crippen MR) is 66.2 cm³/mol. The molecule has 15 heavy (non-hydrogen) atoms. The van der Waals surface area contributed by atoms with Gasteiger partial charge in [-0.2, -0.15) is 0 Å². The molecule has 0 aliphatic carbocycles. The van der Waals surface area contributed by atoms with E-state index in [1.165, 1.54) is 5.56 Å². The maximum absolute atomic E-state index is 5.70. The van der Waals surface area contributed by atoms with Crippen molar-refractivity contribution in [2.75, 3.05) is 6.61 Å². The molecule has 0 saturated carbocycles. The number of aryl methyl sites for hydroxylation is 1.